The van der Waals surface area contributed by atoms with Gasteiger partial charge in [-0.25, -0.2) is 8.78 Å². The quantitative estimate of drug-likeness (QED) is 0.909. The molecule has 5 heteroatoms. The van der Waals surface area contributed by atoms with Crippen molar-refractivity contribution in [3.8, 4) is 0 Å². The van der Waals surface area contributed by atoms with Crippen LogP contribution in [-0.4, -0.2) is 23.9 Å². The lowest BCUT2D eigenvalue weighted by atomic mass is 10.1. The second-order valence-electron chi connectivity index (χ2n) is 6.26. The summed E-state index contributed by atoms with van der Waals surface area (Å²) in [5.74, 6) is -0.764. The highest BCUT2D eigenvalue weighted by atomic mass is 19.1. The predicted octanol–water partition coefficient (Wildman–Crippen LogP) is 4.04. The molecule has 1 N–H and O–H groups in total. The molecule has 0 aliphatic carbocycles. The van der Waals surface area contributed by atoms with Crippen LogP contribution in [0.4, 0.5) is 14.5 Å². The number of anilines is 1. The fourth-order valence-corrected chi connectivity index (χ4v) is 2.79. The van der Waals surface area contributed by atoms with E-state index < -0.39 is 0 Å². The van der Waals surface area contributed by atoms with E-state index in [4.69, 9.17) is 0 Å². The van der Waals surface area contributed by atoms with E-state index in [1.54, 1.807) is 31.2 Å². The normalized spacial score (nSPS) is 14.9. The van der Waals surface area contributed by atoms with Gasteiger partial charge in [0.1, 0.15) is 11.6 Å². The van der Waals surface area contributed by atoms with Crippen LogP contribution < -0.4 is 5.32 Å². The Hall–Kier alpha value is -2.53. The second kappa shape index (κ2) is 7.57. The Bertz CT molecular complexity index is 800. The molecule has 0 spiro atoms. The summed E-state index contributed by atoms with van der Waals surface area (Å²) < 4.78 is 26.5. The summed E-state index contributed by atoms with van der Waals surface area (Å²) >= 11 is 0. The van der Waals surface area contributed by atoms with Crippen molar-refractivity contribution in [2.75, 3.05) is 18.4 Å². The zero-order chi connectivity index (χ0) is 17.8. The average molecular weight is 342 g/mol. The Morgan fingerprint density at radius 3 is 2.56 bits per heavy atom. The van der Waals surface area contributed by atoms with Crippen LogP contribution in [0.1, 0.15) is 17.5 Å². The molecule has 1 aliphatic rings. The number of carbonyl (C=O) groups is 1. The lowest BCUT2D eigenvalue weighted by Gasteiger charge is -2.26. The lowest BCUT2D eigenvalue weighted by Crippen LogP contribution is -2.31. The SMILES string of the molecule is Cc1ccc(NC(=O)C2=CCN(Cc3ccc(F)cc3)CC2)cc1F. The van der Waals surface area contributed by atoms with E-state index in [1.807, 2.05) is 6.08 Å². The Kier molecular flexibility index (Phi) is 5.24. The number of benzene rings is 2. The van der Waals surface area contributed by atoms with Crippen molar-refractivity contribution in [1.82, 2.24) is 4.90 Å². The van der Waals surface area contributed by atoms with Gasteiger partial charge in [-0.2, -0.15) is 0 Å². The number of hydrogen-bond acceptors (Lipinski definition) is 2. The zero-order valence-corrected chi connectivity index (χ0v) is 14.1. The van der Waals surface area contributed by atoms with Crippen LogP contribution in [0.2, 0.25) is 0 Å². The first-order valence-electron chi connectivity index (χ1n) is 8.24. The highest BCUT2D eigenvalue weighted by molar-refractivity contribution is 6.03. The molecule has 1 aliphatic heterocycles. The molecule has 2 aromatic rings. The molecule has 0 saturated carbocycles. The van der Waals surface area contributed by atoms with Gasteiger partial charge in [-0.3, -0.25) is 9.69 Å². The van der Waals surface area contributed by atoms with E-state index >= 15 is 0 Å². The molecule has 25 heavy (non-hydrogen) atoms. The van der Waals surface area contributed by atoms with E-state index in [-0.39, 0.29) is 17.5 Å². The van der Waals surface area contributed by atoms with Gasteiger partial charge in [0.15, 0.2) is 0 Å². The molecule has 130 valence electrons. The monoisotopic (exact) mass is 342 g/mol. The summed E-state index contributed by atoms with van der Waals surface area (Å²) in [6.07, 6.45) is 2.52. The van der Waals surface area contributed by atoms with Crippen LogP contribution in [-0.2, 0) is 11.3 Å². The molecule has 0 bridgehead atoms. The topological polar surface area (TPSA) is 32.3 Å². The maximum absolute atomic E-state index is 13.6. The number of halogens is 2. The first-order valence-corrected chi connectivity index (χ1v) is 8.24. The maximum atomic E-state index is 13.6. The first-order chi connectivity index (χ1) is 12.0. The standard InChI is InChI=1S/C20H20F2N2O/c1-14-2-7-18(12-19(14)22)23-20(25)16-8-10-24(11-9-16)13-15-3-5-17(21)6-4-15/h2-8,12H,9-11,13H2,1H3,(H,23,25). The number of aryl methyl sites for hydroxylation is 1. The number of carbonyl (C=O) groups excluding carboxylic acids is 1. The highest BCUT2D eigenvalue weighted by Crippen LogP contribution is 2.18. The minimum atomic E-state index is -0.333. The van der Waals surface area contributed by atoms with Gasteiger partial charge in [0.2, 0.25) is 0 Å². The molecule has 1 heterocycles. The van der Waals surface area contributed by atoms with Crippen molar-refractivity contribution >= 4 is 11.6 Å². The molecular formula is C20H20F2N2O. The molecule has 0 saturated heterocycles. The van der Waals surface area contributed by atoms with Gasteiger partial charge in [-0.15, -0.1) is 0 Å². The molecule has 0 radical (unpaired) electrons. The fourth-order valence-electron chi connectivity index (χ4n) is 2.79. The summed E-state index contributed by atoms with van der Waals surface area (Å²) in [6, 6.07) is 11.1. The molecule has 0 unspecified atom stereocenters. The number of rotatable bonds is 4. The summed E-state index contributed by atoms with van der Waals surface area (Å²) in [7, 11) is 0. The number of amides is 1. The molecule has 0 fully saturated rings. The van der Waals surface area contributed by atoms with E-state index in [9.17, 15) is 13.6 Å². The van der Waals surface area contributed by atoms with E-state index in [1.165, 1.54) is 18.2 Å². The summed E-state index contributed by atoms with van der Waals surface area (Å²) in [5.41, 5.74) is 2.75. The van der Waals surface area contributed by atoms with E-state index in [2.05, 4.69) is 10.2 Å². The van der Waals surface area contributed by atoms with Gasteiger partial charge < -0.3 is 5.32 Å². The molecular weight excluding hydrogens is 322 g/mol. The van der Waals surface area contributed by atoms with Crippen LogP contribution in [0, 0.1) is 18.6 Å². The summed E-state index contributed by atoms with van der Waals surface area (Å²) in [6.45, 7) is 3.80. The molecule has 3 rings (SSSR count). The fraction of sp³-hybridized carbons (Fsp3) is 0.250. The maximum Gasteiger partial charge on any atom is 0.251 e. The minimum Gasteiger partial charge on any atom is -0.322 e. The van der Waals surface area contributed by atoms with Crippen LogP contribution in [0.25, 0.3) is 0 Å². The number of nitrogens with zero attached hydrogens (tertiary/aromatic N) is 1. The largest absolute Gasteiger partial charge is 0.322 e. The van der Waals surface area contributed by atoms with Crippen LogP contribution in [0.15, 0.2) is 54.1 Å². The van der Waals surface area contributed by atoms with Crippen molar-refractivity contribution in [3.05, 3.63) is 76.9 Å². The third kappa shape index (κ3) is 4.51. The Labute approximate surface area is 146 Å². The third-order valence-corrected chi connectivity index (χ3v) is 4.33. The average Bonchev–Trinajstić information content (AvgIpc) is 2.61. The minimum absolute atomic E-state index is 0.190. The Balaban J connectivity index is 1.57. The Morgan fingerprint density at radius 2 is 1.92 bits per heavy atom. The molecule has 3 nitrogen and oxygen atoms in total. The lowest BCUT2D eigenvalue weighted by molar-refractivity contribution is -0.113. The van der Waals surface area contributed by atoms with Crippen molar-refractivity contribution < 1.29 is 13.6 Å². The van der Waals surface area contributed by atoms with E-state index in [0.29, 0.717) is 29.8 Å². The summed E-state index contributed by atoms with van der Waals surface area (Å²) in [5, 5.41) is 2.74. The van der Waals surface area contributed by atoms with Crippen molar-refractivity contribution in [3.63, 3.8) is 0 Å². The van der Waals surface area contributed by atoms with Crippen molar-refractivity contribution in [2.24, 2.45) is 0 Å². The predicted molar refractivity (Wildman–Crippen MR) is 94.1 cm³/mol. The molecule has 2 aromatic carbocycles. The highest BCUT2D eigenvalue weighted by Gasteiger charge is 2.17. The Morgan fingerprint density at radius 1 is 1.16 bits per heavy atom. The molecule has 1 amide bonds. The zero-order valence-electron chi connectivity index (χ0n) is 14.1. The van der Waals surface area contributed by atoms with Crippen LogP contribution >= 0.6 is 0 Å². The van der Waals surface area contributed by atoms with Crippen LogP contribution in [0.5, 0.6) is 0 Å². The van der Waals surface area contributed by atoms with Crippen molar-refractivity contribution in [2.45, 2.75) is 19.9 Å². The van der Waals surface area contributed by atoms with Gasteiger partial charge in [0.25, 0.3) is 5.91 Å². The number of nitrogens with one attached hydrogen (secondary N) is 1. The second-order valence-corrected chi connectivity index (χ2v) is 6.26. The van der Waals surface area contributed by atoms with Gasteiger partial charge in [0.05, 0.1) is 0 Å². The van der Waals surface area contributed by atoms with Gasteiger partial charge in [0, 0.05) is 30.9 Å². The smallest absolute Gasteiger partial charge is 0.251 e. The van der Waals surface area contributed by atoms with Gasteiger partial charge in [-0.05, 0) is 48.7 Å². The molecule has 0 atom stereocenters. The first kappa shape index (κ1) is 17.3. The number of hydrogen-bond donors (Lipinski definition) is 1. The third-order valence-electron chi connectivity index (χ3n) is 4.33. The van der Waals surface area contributed by atoms with Crippen LogP contribution in [0.3, 0.4) is 0 Å². The summed E-state index contributed by atoms with van der Waals surface area (Å²) in [4.78, 5) is 14.5. The van der Waals surface area contributed by atoms with E-state index in [0.717, 1.165) is 18.7 Å². The van der Waals surface area contributed by atoms with Gasteiger partial charge >= 0.3 is 0 Å². The molecule has 0 aromatic heterocycles. The van der Waals surface area contributed by atoms with Crippen molar-refractivity contribution in [1.29, 1.82) is 0 Å². The van der Waals surface area contributed by atoms with Gasteiger partial charge in [-0.1, -0.05) is 24.3 Å².